The zero-order valence-electron chi connectivity index (χ0n) is 5.92. The fourth-order valence-electron chi connectivity index (χ4n) is 0.612. The summed E-state index contributed by atoms with van der Waals surface area (Å²) < 4.78 is 25.1. The average molecular weight is 229 g/mol. The van der Waals surface area contributed by atoms with Crippen molar-refractivity contribution < 1.29 is 18.7 Å². The minimum atomic E-state index is -4.09. The first-order valence-electron chi connectivity index (χ1n) is 2.89. The van der Waals surface area contributed by atoms with E-state index in [9.17, 15) is 13.6 Å². The van der Waals surface area contributed by atoms with E-state index in [2.05, 4.69) is 4.98 Å². The van der Waals surface area contributed by atoms with E-state index in [1.54, 1.807) is 0 Å². The van der Waals surface area contributed by atoms with E-state index < -0.39 is 21.9 Å². The van der Waals surface area contributed by atoms with Crippen molar-refractivity contribution in [1.29, 1.82) is 0 Å². The highest BCUT2D eigenvalue weighted by Gasteiger charge is 2.45. The summed E-state index contributed by atoms with van der Waals surface area (Å²) in [5.74, 6) is -6.40. The van der Waals surface area contributed by atoms with E-state index in [-0.39, 0.29) is 5.13 Å². The van der Waals surface area contributed by atoms with Crippen molar-refractivity contribution in [2.45, 2.75) is 5.92 Å². The highest BCUT2D eigenvalue weighted by Crippen LogP contribution is 2.37. The molecular weight excluding hydrogens is 226 g/mol. The van der Waals surface area contributed by atoms with Crippen LogP contribution in [0.4, 0.5) is 13.9 Å². The minimum Gasteiger partial charge on any atom is -0.476 e. The van der Waals surface area contributed by atoms with Gasteiger partial charge in [-0.25, -0.2) is 9.78 Å². The van der Waals surface area contributed by atoms with Crippen LogP contribution in [0, 0.1) is 0 Å². The molecule has 0 spiro atoms. The van der Waals surface area contributed by atoms with Crippen LogP contribution < -0.4 is 5.73 Å². The molecule has 8 heteroatoms. The van der Waals surface area contributed by atoms with Crippen LogP contribution in [-0.2, 0) is 10.7 Å². The van der Waals surface area contributed by atoms with Gasteiger partial charge in [0.1, 0.15) is 4.34 Å². The molecule has 0 aliphatic carbocycles. The van der Waals surface area contributed by atoms with E-state index in [1.807, 2.05) is 0 Å². The molecule has 1 aromatic rings. The highest BCUT2D eigenvalue weighted by atomic mass is 35.5. The van der Waals surface area contributed by atoms with Gasteiger partial charge in [0.2, 0.25) is 0 Å². The molecule has 1 rings (SSSR count). The maximum atomic E-state index is 12.8. The molecule has 13 heavy (non-hydrogen) atoms. The van der Waals surface area contributed by atoms with Gasteiger partial charge in [0.05, 0.1) is 0 Å². The molecule has 4 nitrogen and oxygen atoms in total. The minimum absolute atomic E-state index is 0.194. The molecule has 0 amide bonds. The quantitative estimate of drug-likeness (QED) is 0.805. The summed E-state index contributed by atoms with van der Waals surface area (Å²) in [5.41, 5.74) is 4.06. The number of aromatic nitrogens is 1. The van der Waals surface area contributed by atoms with Crippen molar-refractivity contribution in [2.75, 3.05) is 5.73 Å². The van der Waals surface area contributed by atoms with Crippen LogP contribution in [0.1, 0.15) is 5.69 Å². The van der Waals surface area contributed by atoms with Crippen molar-refractivity contribution in [2.24, 2.45) is 0 Å². The number of nitrogen functional groups attached to an aromatic ring is 1. The van der Waals surface area contributed by atoms with Gasteiger partial charge in [-0.15, -0.1) is 0 Å². The number of rotatable bonds is 2. The number of hydrogen-bond acceptors (Lipinski definition) is 4. The van der Waals surface area contributed by atoms with Crippen LogP contribution in [-0.4, -0.2) is 16.1 Å². The van der Waals surface area contributed by atoms with Crippen LogP contribution in [0.2, 0.25) is 4.34 Å². The Labute approximate surface area is 80.0 Å². The summed E-state index contributed by atoms with van der Waals surface area (Å²) in [6.07, 6.45) is 0. The third-order valence-electron chi connectivity index (χ3n) is 1.17. The first-order valence-corrected chi connectivity index (χ1v) is 4.08. The molecule has 1 aromatic heterocycles. The van der Waals surface area contributed by atoms with Crippen molar-refractivity contribution in [3.63, 3.8) is 0 Å². The largest absolute Gasteiger partial charge is 0.476 e. The van der Waals surface area contributed by atoms with E-state index >= 15 is 0 Å². The van der Waals surface area contributed by atoms with Gasteiger partial charge in [0.25, 0.3) is 0 Å². The Bertz CT molecular complexity index is 354. The van der Waals surface area contributed by atoms with E-state index in [4.69, 9.17) is 22.4 Å². The van der Waals surface area contributed by atoms with Crippen molar-refractivity contribution in [3.05, 3.63) is 10.0 Å². The molecule has 72 valence electrons. The zero-order valence-corrected chi connectivity index (χ0v) is 7.49. The topological polar surface area (TPSA) is 76.2 Å². The lowest BCUT2D eigenvalue weighted by Gasteiger charge is -2.07. The number of hydrogen-bond donors (Lipinski definition) is 2. The van der Waals surface area contributed by atoms with Crippen LogP contribution in [0.15, 0.2) is 0 Å². The standard InChI is InChI=1S/C5H3ClF2N2O2S/c6-2-1(10-4(9)13-2)5(7,8)3(11)12/h(H2,9,10)(H,11,12). The number of thiazole rings is 1. The smallest absolute Gasteiger partial charge is 0.386 e. The molecule has 0 saturated heterocycles. The normalized spacial score (nSPS) is 11.6. The maximum absolute atomic E-state index is 12.8. The molecule has 0 aromatic carbocycles. The second-order valence-electron chi connectivity index (χ2n) is 2.05. The van der Waals surface area contributed by atoms with Crippen LogP contribution in [0.3, 0.4) is 0 Å². The Hall–Kier alpha value is -0.950. The zero-order chi connectivity index (χ0) is 10.2. The fraction of sp³-hybridized carbons (Fsp3) is 0.200. The number of carboxylic acid groups (broad SMARTS) is 1. The van der Waals surface area contributed by atoms with Crippen molar-refractivity contribution in [1.82, 2.24) is 4.98 Å². The number of nitrogens with two attached hydrogens (primary N) is 1. The molecule has 1 heterocycles. The summed E-state index contributed by atoms with van der Waals surface area (Å²) in [7, 11) is 0. The Morgan fingerprint density at radius 2 is 2.23 bits per heavy atom. The third kappa shape index (κ3) is 1.70. The van der Waals surface area contributed by atoms with Crippen molar-refractivity contribution in [3.8, 4) is 0 Å². The van der Waals surface area contributed by atoms with Gasteiger partial charge in [-0.3, -0.25) is 0 Å². The Balaban J connectivity index is 3.21. The van der Waals surface area contributed by atoms with E-state index in [0.29, 0.717) is 11.3 Å². The first-order chi connectivity index (χ1) is 5.85. The van der Waals surface area contributed by atoms with Crippen LogP contribution >= 0.6 is 22.9 Å². The van der Waals surface area contributed by atoms with Gasteiger partial charge in [0.15, 0.2) is 10.8 Å². The number of anilines is 1. The van der Waals surface area contributed by atoms with Gasteiger partial charge < -0.3 is 10.8 Å². The summed E-state index contributed by atoms with van der Waals surface area (Å²) in [6, 6.07) is 0. The molecule has 0 aliphatic heterocycles. The number of carboxylic acids is 1. The Kier molecular flexibility index (Phi) is 2.40. The summed E-state index contributed by atoms with van der Waals surface area (Å²) >= 11 is 5.91. The van der Waals surface area contributed by atoms with Gasteiger partial charge in [0, 0.05) is 0 Å². The summed E-state index contributed by atoms with van der Waals surface area (Å²) in [5, 5.41) is 7.95. The molecule has 0 saturated carbocycles. The molecule has 0 unspecified atom stereocenters. The summed E-state index contributed by atoms with van der Waals surface area (Å²) in [6.45, 7) is 0. The lowest BCUT2D eigenvalue weighted by molar-refractivity contribution is -0.166. The van der Waals surface area contributed by atoms with Crippen LogP contribution in [0.25, 0.3) is 0 Å². The molecular formula is C5H3ClF2N2O2S. The third-order valence-corrected chi connectivity index (χ3v) is 2.25. The average Bonchev–Trinajstić information content (AvgIpc) is 2.30. The Morgan fingerprint density at radius 1 is 1.69 bits per heavy atom. The SMILES string of the molecule is Nc1nc(C(F)(F)C(=O)O)c(Cl)s1. The fourth-order valence-corrected chi connectivity index (χ4v) is 1.60. The van der Waals surface area contributed by atoms with Crippen molar-refractivity contribution >= 4 is 34.0 Å². The van der Waals surface area contributed by atoms with E-state index in [0.717, 1.165) is 0 Å². The molecule has 0 aliphatic rings. The van der Waals surface area contributed by atoms with Crippen LogP contribution in [0.5, 0.6) is 0 Å². The second kappa shape index (κ2) is 3.08. The highest BCUT2D eigenvalue weighted by molar-refractivity contribution is 7.19. The molecule has 3 N–H and O–H groups in total. The van der Waals surface area contributed by atoms with E-state index in [1.165, 1.54) is 0 Å². The number of carbonyl (C=O) groups is 1. The second-order valence-corrected chi connectivity index (χ2v) is 3.69. The monoisotopic (exact) mass is 228 g/mol. The lowest BCUT2D eigenvalue weighted by Crippen LogP contribution is -2.26. The maximum Gasteiger partial charge on any atom is 0.386 e. The number of aliphatic carboxylic acids is 1. The molecule has 0 fully saturated rings. The van der Waals surface area contributed by atoms with Gasteiger partial charge in [-0.05, 0) is 0 Å². The van der Waals surface area contributed by atoms with Gasteiger partial charge in [-0.2, -0.15) is 8.78 Å². The molecule has 0 radical (unpaired) electrons. The predicted molar refractivity (Wildman–Crippen MR) is 43.1 cm³/mol. The number of alkyl halides is 2. The number of nitrogens with zero attached hydrogens (tertiary/aromatic N) is 1. The number of halogens is 3. The molecule has 0 bridgehead atoms. The van der Waals surface area contributed by atoms with Gasteiger partial charge in [-0.1, -0.05) is 22.9 Å². The molecule has 0 atom stereocenters. The first kappa shape index (κ1) is 10.1. The Morgan fingerprint density at radius 3 is 2.54 bits per heavy atom. The lowest BCUT2D eigenvalue weighted by atomic mass is 10.3. The van der Waals surface area contributed by atoms with Gasteiger partial charge >= 0.3 is 11.9 Å². The summed E-state index contributed by atoms with van der Waals surface area (Å²) in [4.78, 5) is 13.2. The predicted octanol–water partition coefficient (Wildman–Crippen LogP) is 1.56.